The van der Waals surface area contributed by atoms with Crippen LogP contribution in [0.25, 0.3) is 0 Å². The Morgan fingerprint density at radius 1 is 0.833 bits per heavy atom. The Morgan fingerprint density at radius 3 is 0.833 bits per heavy atom. The molecule has 0 fully saturated rings. The van der Waals surface area contributed by atoms with E-state index in [9.17, 15) is 0 Å². The third-order valence-electron chi connectivity index (χ3n) is 0. The van der Waals surface area contributed by atoms with E-state index in [0.717, 1.165) is 0 Å². The third-order valence-corrected chi connectivity index (χ3v) is 0. The lowest BCUT2D eigenvalue weighted by molar-refractivity contribution is -0.176. The summed E-state index contributed by atoms with van der Waals surface area (Å²) in [4.78, 5) is 14.0. The van der Waals surface area contributed by atoms with Gasteiger partial charge < -0.3 is 0 Å². The molecule has 0 aromatic heterocycles. The average Bonchev–Trinajstić information content (AvgIpc) is 1.50. The van der Waals surface area contributed by atoms with Gasteiger partial charge in [0.2, 0.25) is 0 Å². The van der Waals surface area contributed by atoms with E-state index in [1.54, 1.807) is 0 Å². The van der Waals surface area contributed by atoms with Gasteiger partial charge in [-0.25, -0.2) is 0 Å². The maximum Gasteiger partial charge on any atom is 0 e. The van der Waals surface area contributed by atoms with Crippen molar-refractivity contribution in [3.63, 3.8) is 0 Å². The Hall–Kier alpha value is -0.480. The molecular formula is C2H10O4. The summed E-state index contributed by atoms with van der Waals surface area (Å²) < 4.78 is 0. The molecule has 0 saturated heterocycles. The van der Waals surface area contributed by atoms with Crippen LogP contribution in [0, 0.1) is 9.93 Å². The minimum atomic E-state index is 0. The molecule has 0 radical (unpaired) electrons. The summed E-state index contributed by atoms with van der Waals surface area (Å²) in [6.07, 6.45) is 0. The quantitative estimate of drug-likeness (QED) is 0.354. The summed E-state index contributed by atoms with van der Waals surface area (Å²) in [5.41, 5.74) is 0. The molecule has 6 heavy (non-hydrogen) atoms. The van der Waals surface area contributed by atoms with Crippen molar-refractivity contribution >= 4 is 0 Å². The highest BCUT2D eigenvalue weighted by molar-refractivity contribution is 4.07. The smallest absolute Gasteiger partial charge is 0 e. The van der Waals surface area contributed by atoms with E-state index in [-0.39, 0.29) is 14.9 Å². The standard InChI is InChI=1S/2CH4.H2O2.O2/c;;2*1-2/h2*1H4;1-2H;. The summed E-state index contributed by atoms with van der Waals surface area (Å²) in [6, 6.07) is 0. The molecule has 0 aliphatic carbocycles. The summed E-state index contributed by atoms with van der Waals surface area (Å²) in [7, 11) is 0. The summed E-state index contributed by atoms with van der Waals surface area (Å²) >= 11 is 0. The summed E-state index contributed by atoms with van der Waals surface area (Å²) in [5, 5.41) is 12.0. The SMILES string of the molecule is C.C.O=O.OO. The predicted octanol–water partition coefficient (Wildman–Crippen LogP) is 1.36. The first kappa shape index (κ1) is 48.8. The fourth-order valence-corrected chi connectivity index (χ4v) is 0. The van der Waals surface area contributed by atoms with E-state index in [2.05, 4.69) is 0 Å². The van der Waals surface area contributed by atoms with Gasteiger partial charge in [-0.05, 0) is 0 Å². The molecule has 4 heteroatoms. The van der Waals surface area contributed by atoms with Gasteiger partial charge in [0.25, 0.3) is 0 Å². The van der Waals surface area contributed by atoms with Crippen molar-refractivity contribution in [1.82, 2.24) is 0 Å². The number of hydrogen-bond donors (Lipinski definition) is 2. The van der Waals surface area contributed by atoms with Crippen molar-refractivity contribution < 1.29 is 10.5 Å². The topological polar surface area (TPSA) is 74.6 Å². The van der Waals surface area contributed by atoms with Crippen LogP contribution in [0.1, 0.15) is 14.9 Å². The fourth-order valence-electron chi connectivity index (χ4n) is 0. The monoisotopic (exact) mass is 98.1 g/mol. The Kier molecular flexibility index (Phi) is 1980. The second kappa shape index (κ2) is 243. The van der Waals surface area contributed by atoms with Gasteiger partial charge in [0.05, 0.1) is 0 Å². The van der Waals surface area contributed by atoms with Crippen LogP contribution in [0.5, 0.6) is 0 Å². The van der Waals surface area contributed by atoms with Crippen LogP contribution < -0.4 is 0 Å². The minimum absolute atomic E-state index is 0. The zero-order chi connectivity index (χ0) is 4.00. The van der Waals surface area contributed by atoms with Crippen LogP contribution in [0.2, 0.25) is 0 Å². The van der Waals surface area contributed by atoms with E-state index < -0.39 is 0 Å². The predicted molar refractivity (Wildman–Crippen MR) is 25.5 cm³/mol. The second-order valence-electron chi connectivity index (χ2n) is 0. The Labute approximate surface area is 36.6 Å². The number of hydrogen-bond acceptors (Lipinski definition) is 4. The van der Waals surface area contributed by atoms with Gasteiger partial charge in [0, 0.05) is 9.93 Å². The van der Waals surface area contributed by atoms with Gasteiger partial charge in [-0.3, -0.25) is 10.5 Å². The van der Waals surface area contributed by atoms with Gasteiger partial charge in [-0.2, -0.15) is 0 Å². The van der Waals surface area contributed by atoms with Crippen LogP contribution in [0.4, 0.5) is 0 Å². The van der Waals surface area contributed by atoms with Crippen LogP contribution in [0.15, 0.2) is 0 Å². The zero-order valence-electron chi connectivity index (χ0n) is 1.71. The van der Waals surface area contributed by atoms with Crippen molar-refractivity contribution in [1.29, 1.82) is 0 Å². The van der Waals surface area contributed by atoms with E-state index in [4.69, 9.17) is 20.4 Å². The lowest BCUT2D eigenvalue weighted by atomic mass is 12.0. The average molecular weight is 98.1 g/mol. The number of rotatable bonds is 0. The first-order valence-electron chi connectivity index (χ1n) is 0.367. The van der Waals surface area contributed by atoms with Crippen molar-refractivity contribution in [2.24, 2.45) is 0 Å². The molecule has 4 nitrogen and oxygen atoms in total. The lowest BCUT2D eigenvalue weighted by Crippen LogP contribution is -1.29. The van der Waals surface area contributed by atoms with E-state index in [0.29, 0.717) is 0 Å². The third kappa shape index (κ3) is 97.0. The summed E-state index contributed by atoms with van der Waals surface area (Å²) in [6.45, 7) is 0. The van der Waals surface area contributed by atoms with Crippen LogP contribution in [-0.2, 0) is 0 Å². The normalized spacial score (nSPS) is 1.67. The second-order valence-corrected chi connectivity index (χ2v) is 0. The fraction of sp³-hybridized carbons (Fsp3) is 1.00. The summed E-state index contributed by atoms with van der Waals surface area (Å²) in [5.74, 6) is 0. The molecule has 0 aromatic rings. The maximum absolute atomic E-state index is 7.00. The molecule has 0 aliphatic heterocycles. The van der Waals surface area contributed by atoms with Crippen LogP contribution in [-0.4, -0.2) is 10.5 Å². The Balaban J connectivity index is -0.00000000500. The molecule has 42 valence electrons. The molecule has 0 aliphatic rings. The van der Waals surface area contributed by atoms with E-state index >= 15 is 0 Å². The first-order chi connectivity index (χ1) is 2.00. The van der Waals surface area contributed by atoms with Crippen molar-refractivity contribution in [2.75, 3.05) is 0 Å². The highest BCUT2D eigenvalue weighted by Crippen LogP contribution is 0.741. The Bertz CT molecular complexity index is 5.51. The van der Waals surface area contributed by atoms with Gasteiger partial charge in [-0.1, -0.05) is 14.9 Å². The van der Waals surface area contributed by atoms with Gasteiger partial charge >= 0.3 is 0 Å². The molecule has 2 N–H and O–H groups in total. The van der Waals surface area contributed by atoms with Gasteiger partial charge in [-0.15, -0.1) is 0 Å². The molecule has 0 amide bonds. The van der Waals surface area contributed by atoms with Crippen LogP contribution in [0.3, 0.4) is 0 Å². The maximum atomic E-state index is 7.00. The van der Waals surface area contributed by atoms with Gasteiger partial charge in [0.15, 0.2) is 0 Å². The first-order valence-corrected chi connectivity index (χ1v) is 0.367. The van der Waals surface area contributed by atoms with Crippen molar-refractivity contribution in [3.8, 4) is 0 Å². The molecular weight excluding hydrogens is 88.0 g/mol. The molecule has 0 bridgehead atoms. The van der Waals surface area contributed by atoms with E-state index in [1.165, 1.54) is 0 Å². The molecule has 0 atom stereocenters. The molecule has 0 spiro atoms. The van der Waals surface area contributed by atoms with Gasteiger partial charge in [0.1, 0.15) is 0 Å². The van der Waals surface area contributed by atoms with Crippen LogP contribution >= 0.6 is 0 Å². The van der Waals surface area contributed by atoms with E-state index in [1.807, 2.05) is 0 Å². The largest absolute Gasteiger partial charge is 0.255 e. The highest BCUT2D eigenvalue weighted by atomic mass is 17.0. The molecule has 0 rings (SSSR count). The van der Waals surface area contributed by atoms with Crippen molar-refractivity contribution in [2.45, 2.75) is 14.9 Å². The molecule has 0 unspecified atom stereocenters. The molecule has 0 heterocycles. The minimum Gasteiger partial charge on any atom is -0.255 e. The molecule has 0 saturated carbocycles. The Morgan fingerprint density at radius 2 is 0.833 bits per heavy atom. The lowest BCUT2D eigenvalue weighted by Gasteiger charge is -1.25. The zero-order valence-corrected chi connectivity index (χ0v) is 1.71. The highest BCUT2D eigenvalue weighted by Gasteiger charge is 0.746. The van der Waals surface area contributed by atoms with Crippen molar-refractivity contribution in [3.05, 3.63) is 9.93 Å². The molecule has 0 aromatic carbocycles.